The highest BCUT2D eigenvalue weighted by Crippen LogP contribution is 2.12. The SMILES string of the molecule is CC.CC.COc1ccc(CI)cc1. The van der Waals surface area contributed by atoms with Crippen LogP contribution in [-0.4, -0.2) is 7.11 Å². The van der Waals surface area contributed by atoms with Crippen molar-refractivity contribution in [3.63, 3.8) is 0 Å². The first-order chi connectivity index (χ1) is 6.86. The van der Waals surface area contributed by atoms with E-state index in [2.05, 4.69) is 34.7 Å². The van der Waals surface area contributed by atoms with Crippen LogP contribution in [0.25, 0.3) is 0 Å². The first kappa shape index (κ1) is 16.2. The van der Waals surface area contributed by atoms with Gasteiger partial charge in [-0.05, 0) is 17.7 Å². The van der Waals surface area contributed by atoms with Gasteiger partial charge in [0.05, 0.1) is 7.11 Å². The normalized spacial score (nSPS) is 7.57. The van der Waals surface area contributed by atoms with E-state index < -0.39 is 0 Å². The molecule has 0 saturated carbocycles. The van der Waals surface area contributed by atoms with Crippen molar-refractivity contribution in [2.75, 3.05) is 7.11 Å². The summed E-state index contributed by atoms with van der Waals surface area (Å²) in [5.41, 5.74) is 1.33. The smallest absolute Gasteiger partial charge is 0.118 e. The van der Waals surface area contributed by atoms with Crippen molar-refractivity contribution in [1.82, 2.24) is 0 Å². The number of rotatable bonds is 2. The minimum absolute atomic E-state index is 0.925. The lowest BCUT2D eigenvalue weighted by molar-refractivity contribution is 0.414. The van der Waals surface area contributed by atoms with Gasteiger partial charge in [0.15, 0.2) is 0 Å². The Morgan fingerprint density at radius 1 is 1.00 bits per heavy atom. The van der Waals surface area contributed by atoms with Crippen LogP contribution in [0.5, 0.6) is 5.75 Å². The molecule has 1 aromatic carbocycles. The minimum atomic E-state index is 0.925. The van der Waals surface area contributed by atoms with E-state index in [0.29, 0.717) is 0 Å². The van der Waals surface area contributed by atoms with Crippen LogP contribution in [0.1, 0.15) is 33.3 Å². The van der Waals surface area contributed by atoms with E-state index in [1.807, 2.05) is 39.8 Å². The van der Waals surface area contributed by atoms with Gasteiger partial charge in [-0.25, -0.2) is 0 Å². The molecule has 82 valence electrons. The summed E-state index contributed by atoms with van der Waals surface area (Å²) in [6.45, 7) is 8.00. The Labute approximate surface area is 102 Å². The summed E-state index contributed by atoms with van der Waals surface area (Å²) in [5.74, 6) is 0.925. The number of benzene rings is 1. The molecular weight excluding hydrogens is 287 g/mol. The molecular formula is C12H21IO. The Bertz CT molecular complexity index is 171. The second-order valence-corrected chi connectivity index (χ2v) is 2.74. The molecule has 0 fully saturated rings. The highest BCUT2D eigenvalue weighted by molar-refractivity contribution is 14.1. The lowest BCUT2D eigenvalue weighted by Crippen LogP contribution is -1.82. The zero-order valence-corrected chi connectivity index (χ0v) is 12.0. The molecule has 0 unspecified atom stereocenters. The molecule has 0 radical (unpaired) electrons. The summed E-state index contributed by atoms with van der Waals surface area (Å²) < 4.78 is 6.07. The quantitative estimate of drug-likeness (QED) is 0.569. The summed E-state index contributed by atoms with van der Waals surface area (Å²) in [6, 6.07) is 8.11. The van der Waals surface area contributed by atoms with Gasteiger partial charge in [-0.3, -0.25) is 0 Å². The third-order valence-corrected chi connectivity index (χ3v) is 2.19. The van der Waals surface area contributed by atoms with Crippen molar-refractivity contribution in [2.24, 2.45) is 0 Å². The fourth-order valence-electron chi connectivity index (χ4n) is 0.715. The maximum atomic E-state index is 5.01. The van der Waals surface area contributed by atoms with Gasteiger partial charge in [0.25, 0.3) is 0 Å². The zero-order valence-electron chi connectivity index (χ0n) is 9.80. The van der Waals surface area contributed by atoms with E-state index >= 15 is 0 Å². The molecule has 2 heteroatoms. The van der Waals surface area contributed by atoms with Gasteiger partial charge >= 0.3 is 0 Å². The molecule has 0 bridgehead atoms. The molecule has 1 rings (SSSR count). The average molecular weight is 308 g/mol. The average Bonchev–Trinajstić information content (AvgIpc) is 2.34. The largest absolute Gasteiger partial charge is 0.497 e. The first-order valence-electron chi connectivity index (χ1n) is 5.05. The Hall–Kier alpha value is -0.250. The van der Waals surface area contributed by atoms with Crippen molar-refractivity contribution in [2.45, 2.75) is 32.1 Å². The first-order valence-corrected chi connectivity index (χ1v) is 6.58. The molecule has 0 N–H and O–H groups in total. The molecule has 0 aliphatic heterocycles. The fraction of sp³-hybridized carbons (Fsp3) is 0.500. The van der Waals surface area contributed by atoms with Crippen molar-refractivity contribution >= 4 is 22.6 Å². The number of hydrogen-bond acceptors (Lipinski definition) is 1. The maximum Gasteiger partial charge on any atom is 0.118 e. The summed E-state index contributed by atoms with van der Waals surface area (Å²) in [5, 5.41) is 0. The summed E-state index contributed by atoms with van der Waals surface area (Å²) in [4.78, 5) is 0. The molecule has 1 nitrogen and oxygen atoms in total. The van der Waals surface area contributed by atoms with Gasteiger partial charge in [-0.2, -0.15) is 0 Å². The van der Waals surface area contributed by atoms with Gasteiger partial charge < -0.3 is 4.74 Å². The second kappa shape index (κ2) is 12.8. The Balaban J connectivity index is 0. The minimum Gasteiger partial charge on any atom is -0.497 e. The summed E-state index contributed by atoms with van der Waals surface area (Å²) in [6.07, 6.45) is 0. The topological polar surface area (TPSA) is 9.23 Å². The van der Waals surface area contributed by atoms with E-state index in [1.54, 1.807) is 7.11 Å². The Kier molecular flexibility index (Phi) is 14.7. The fourth-order valence-corrected chi connectivity index (χ4v) is 1.22. The molecule has 1 aromatic rings. The highest BCUT2D eigenvalue weighted by atomic mass is 127. The lowest BCUT2D eigenvalue weighted by Gasteiger charge is -1.98. The maximum absolute atomic E-state index is 5.01. The van der Waals surface area contributed by atoms with E-state index in [1.165, 1.54) is 5.56 Å². The molecule has 0 aromatic heterocycles. The predicted octanol–water partition coefficient (Wildman–Crippen LogP) is 4.68. The van der Waals surface area contributed by atoms with Gasteiger partial charge in [0.2, 0.25) is 0 Å². The van der Waals surface area contributed by atoms with Crippen LogP contribution in [0, 0.1) is 0 Å². The van der Waals surface area contributed by atoms with E-state index in [0.717, 1.165) is 10.2 Å². The van der Waals surface area contributed by atoms with Crippen molar-refractivity contribution < 1.29 is 4.74 Å². The molecule has 0 aliphatic carbocycles. The monoisotopic (exact) mass is 308 g/mol. The molecule has 0 amide bonds. The summed E-state index contributed by atoms with van der Waals surface area (Å²) in [7, 11) is 1.68. The molecule has 0 aliphatic rings. The van der Waals surface area contributed by atoms with E-state index in [-0.39, 0.29) is 0 Å². The van der Waals surface area contributed by atoms with Gasteiger partial charge in [-0.15, -0.1) is 0 Å². The molecule has 0 atom stereocenters. The van der Waals surface area contributed by atoms with Crippen LogP contribution in [0.15, 0.2) is 24.3 Å². The Morgan fingerprint density at radius 3 is 1.71 bits per heavy atom. The van der Waals surface area contributed by atoms with E-state index in [4.69, 9.17) is 4.74 Å². The third-order valence-electron chi connectivity index (χ3n) is 1.31. The zero-order chi connectivity index (χ0) is 11.4. The van der Waals surface area contributed by atoms with Gasteiger partial charge in [0.1, 0.15) is 5.75 Å². The molecule has 14 heavy (non-hydrogen) atoms. The third kappa shape index (κ3) is 7.18. The van der Waals surface area contributed by atoms with Crippen LogP contribution in [0.2, 0.25) is 0 Å². The number of halogens is 1. The van der Waals surface area contributed by atoms with Crippen LogP contribution in [-0.2, 0) is 4.43 Å². The van der Waals surface area contributed by atoms with Crippen molar-refractivity contribution in [1.29, 1.82) is 0 Å². The lowest BCUT2D eigenvalue weighted by atomic mass is 10.2. The Morgan fingerprint density at radius 2 is 1.43 bits per heavy atom. The number of methoxy groups -OCH3 is 1. The molecule has 0 spiro atoms. The molecule has 0 saturated heterocycles. The van der Waals surface area contributed by atoms with Crippen LogP contribution < -0.4 is 4.74 Å². The van der Waals surface area contributed by atoms with Gasteiger partial charge in [0, 0.05) is 4.43 Å². The molecule has 0 heterocycles. The van der Waals surface area contributed by atoms with Crippen molar-refractivity contribution in [3.05, 3.63) is 29.8 Å². The van der Waals surface area contributed by atoms with Crippen molar-refractivity contribution in [3.8, 4) is 5.75 Å². The van der Waals surface area contributed by atoms with Crippen LogP contribution >= 0.6 is 22.6 Å². The second-order valence-electron chi connectivity index (χ2n) is 1.98. The van der Waals surface area contributed by atoms with E-state index in [9.17, 15) is 0 Å². The van der Waals surface area contributed by atoms with Crippen LogP contribution in [0.4, 0.5) is 0 Å². The standard InChI is InChI=1S/C8H9IO.2C2H6/c1-10-8-4-2-7(6-9)3-5-8;2*1-2/h2-5H,6H2,1H3;2*1-2H3. The van der Waals surface area contributed by atoms with Crippen LogP contribution in [0.3, 0.4) is 0 Å². The number of ether oxygens (including phenoxy) is 1. The predicted molar refractivity (Wildman–Crippen MR) is 73.4 cm³/mol. The highest BCUT2D eigenvalue weighted by Gasteiger charge is 1.89. The summed E-state index contributed by atoms with van der Waals surface area (Å²) >= 11 is 2.34. The number of alkyl halides is 1. The van der Waals surface area contributed by atoms with Gasteiger partial charge in [-0.1, -0.05) is 62.4 Å². The number of hydrogen-bond donors (Lipinski definition) is 0.